The first-order valence-corrected chi connectivity index (χ1v) is 13.5. The SMILES string of the molecule is CC1=C(CC[C@@H]2[C@H](C)CC[C@@H]3OC(C)(C)C(=O)CC[C@]32C)[C@@]2(C)CC[C@H](O)C(C)(C)[C@@H]2C=C1. The van der Waals surface area contributed by atoms with E-state index in [2.05, 4.69) is 53.7 Å². The predicted octanol–water partition coefficient (Wildman–Crippen LogP) is 7.04. The molecule has 7 atom stereocenters. The molecule has 0 radical (unpaired) electrons. The molecule has 3 heteroatoms. The molecule has 1 aliphatic heterocycles. The Morgan fingerprint density at radius 3 is 2.45 bits per heavy atom. The molecule has 4 aliphatic rings. The number of ether oxygens (including phenoxy) is 1. The van der Waals surface area contributed by atoms with Gasteiger partial charge in [-0.05, 0) is 99.7 Å². The van der Waals surface area contributed by atoms with Crippen molar-refractivity contribution in [1.82, 2.24) is 0 Å². The lowest BCUT2D eigenvalue weighted by Gasteiger charge is -2.55. The maximum absolute atomic E-state index is 12.8. The smallest absolute Gasteiger partial charge is 0.164 e. The van der Waals surface area contributed by atoms with Gasteiger partial charge in [-0.3, -0.25) is 4.79 Å². The molecule has 4 rings (SSSR count). The molecular formula is C30H48O3. The monoisotopic (exact) mass is 456 g/mol. The van der Waals surface area contributed by atoms with Gasteiger partial charge in [0, 0.05) is 6.42 Å². The summed E-state index contributed by atoms with van der Waals surface area (Å²) in [6.07, 6.45) is 12.7. The summed E-state index contributed by atoms with van der Waals surface area (Å²) in [4.78, 5) is 12.8. The zero-order chi connectivity index (χ0) is 24.4. The van der Waals surface area contributed by atoms with E-state index in [0.717, 1.165) is 38.5 Å². The summed E-state index contributed by atoms with van der Waals surface area (Å²) in [6.45, 7) is 18.0. The first kappa shape index (κ1) is 25.2. The first-order chi connectivity index (χ1) is 15.2. The van der Waals surface area contributed by atoms with E-state index in [9.17, 15) is 9.90 Å². The van der Waals surface area contributed by atoms with Gasteiger partial charge in [0.2, 0.25) is 0 Å². The lowest BCUT2D eigenvalue weighted by Crippen LogP contribution is -2.51. The maximum atomic E-state index is 12.8. The van der Waals surface area contributed by atoms with Crippen LogP contribution in [0.15, 0.2) is 23.3 Å². The summed E-state index contributed by atoms with van der Waals surface area (Å²) in [5, 5.41) is 10.8. The van der Waals surface area contributed by atoms with Gasteiger partial charge in [0.1, 0.15) is 5.60 Å². The van der Waals surface area contributed by atoms with Crippen LogP contribution < -0.4 is 0 Å². The Hall–Kier alpha value is -0.930. The van der Waals surface area contributed by atoms with Crippen LogP contribution in [0.3, 0.4) is 0 Å². The zero-order valence-corrected chi connectivity index (χ0v) is 22.5. The summed E-state index contributed by atoms with van der Waals surface area (Å²) >= 11 is 0. The average Bonchev–Trinajstić information content (AvgIpc) is 2.81. The van der Waals surface area contributed by atoms with E-state index in [-0.39, 0.29) is 34.2 Å². The number of allylic oxidation sites excluding steroid dienone is 4. The molecule has 0 spiro atoms. The van der Waals surface area contributed by atoms with Crippen LogP contribution in [0.5, 0.6) is 0 Å². The minimum atomic E-state index is -0.657. The number of aliphatic hydroxyl groups is 1. The maximum Gasteiger partial charge on any atom is 0.164 e. The average molecular weight is 457 g/mol. The van der Waals surface area contributed by atoms with Crippen LogP contribution in [0.1, 0.15) is 107 Å². The van der Waals surface area contributed by atoms with E-state index < -0.39 is 5.60 Å². The van der Waals surface area contributed by atoms with Crippen molar-refractivity contribution >= 4 is 5.78 Å². The molecule has 0 unspecified atom stereocenters. The molecule has 1 heterocycles. The second-order valence-corrected chi connectivity index (χ2v) is 13.5. The van der Waals surface area contributed by atoms with Crippen LogP contribution in [0.25, 0.3) is 0 Å². The minimum Gasteiger partial charge on any atom is -0.393 e. The van der Waals surface area contributed by atoms with Crippen molar-refractivity contribution in [1.29, 1.82) is 0 Å². The van der Waals surface area contributed by atoms with Crippen molar-refractivity contribution in [3.8, 4) is 0 Å². The second kappa shape index (κ2) is 8.33. The van der Waals surface area contributed by atoms with Crippen molar-refractivity contribution < 1.29 is 14.6 Å². The molecule has 0 amide bonds. The summed E-state index contributed by atoms with van der Waals surface area (Å²) in [5.74, 6) is 1.85. The number of carbonyl (C=O) groups excluding carboxylic acids is 1. The van der Waals surface area contributed by atoms with Crippen LogP contribution in [-0.2, 0) is 9.53 Å². The van der Waals surface area contributed by atoms with Gasteiger partial charge < -0.3 is 9.84 Å². The number of hydrogen-bond donors (Lipinski definition) is 1. The Balaban J connectivity index is 1.60. The Kier molecular flexibility index (Phi) is 6.35. The molecule has 186 valence electrons. The highest BCUT2D eigenvalue weighted by Crippen LogP contribution is 2.60. The first-order valence-electron chi connectivity index (χ1n) is 13.5. The van der Waals surface area contributed by atoms with E-state index >= 15 is 0 Å². The fraction of sp³-hybridized carbons (Fsp3) is 0.833. The van der Waals surface area contributed by atoms with Gasteiger partial charge >= 0.3 is 0 Å². The van der Waals surface area contributed by atoms with Gasteiger partial charge in [0.15, 0.2) is 5.78 Å². The normalized spacial score (nSPS) is 44.8. The number of rotatable bonds is 3. The standard InChI is InChI=1S/C30H48O3/c1-19-9-13-23-27(3,4)24(31)15-17-29(23,7)21(19)11-12-22-20(2)10-14-26-30(22,8)18-16-25(32)28(5,6)33-26/h9,13,20,22-24,26,31H,10-12,14-18H2,1-8H3/t20-,22-,23+,24+,26+,29-,30+/m1/s1. The zero-order valence-electron chi connectivity index (χ0n) is 22.5. The van der Waals surface area contributed by atoms with Crippen LogP contribution in [0, 0.1) is 34.0 Å². The summed E-state index contributed by atoms with van der Waals surface area (Å²) in [6, 6.07) is 0. The van der Waals surface area contributed by atoms with Gasteiger partial charge in [-0.15, -0.1) is 0 Å². The Labute approximate surface area is 202 Å². The number of hydrogen-bond acceptors (Lipinski definition) is 3. The molecule has 3 fully saturated rings. The third-order valence-corrected chi connectivity index (χ3v) is 10.8. The summed E-state index contributed by atoms with van der Waals surface area (Å²) < 4.78 is 6.55. The fourth-order valence-electron chi connectivity index (χ4n) is 8.46. The van der Waals surface area contributed by atoms with E-state index in [1.165, 1.54) is 12.0 Å². The lowest BCUT2D eigenvalue weighted by molar-refractivity contribution is -0.166. The molecule has 3 aliphatic carbocycles. The molecule has 0 aromatic carbocycles. The third-order valence-electron chi connectivity index (χ3n) is 10.8. The highest BCUT2D eigenvalue weighted by atomic mass is 16.5. The van der Waals surface area contributed by atoms with Crippen molar-refractivity contribution in [2.45, 2.75) is 125 Å². The van der Waals surface area contributed by atoms with E-state index in [0.29, 0.717) is 24.2 Å². The van der Waals surface area contributed by atoms with Gasteiger partial charge in [0.05, 0.1) is 12.2 Å². The molecule has 3 nitrogen and oxygen atoms in total. The molecule has 0 bridgehead atoms. The number of ketones is 1. The van der Waals surface area contributed by atoms with Crippen LogP contribution in [0.4, 0.5) is 0 Å². The largest absolute Gasteiger partial charge is 0.393 e. The number of fused-ring (bicyclic) bond motifs is 2. The summed E-state index contributed by atoms with van der Waals surface area (Å²) in [7, 11) is 0. The fourth-order valence-corrected chi connectivity index (χ4v) is 8.46. The summed E-state index contributed by atoms with van der Waals surface area (Å²) in [5.41, 5.74) is 2.46. The van der Waals surface area contributed by atoms with Crippen molar-refractivity contribution in [3.63, 3.8) is 0 Å². The van der Waals surface area contributed by atoms with Crippen LogP contribution in [-0.4, -0.2) is 28.7 Å². The number of aliphatic hydroxyl groups excluding tert-OH is 1. The Morgan fingerprint density at radius 2 is 1.76 bits per heavy atom. The number of Topliss-reactive ketones (excluding diaryl/α,β-unsaturated/α-hetero) is 1. The van der Waals surface area contributed by atoms with Crippen LogP contribution >= 0.6 is 0 Å². The molecule has 0 aromatic rings. The van der Waals surface area contributed by atoms with Crippen molar-refractivity contribution in [2.75, 3.05) is 0 Å². The minimum absolute atomic E-state index is 0.0579. The lowest BCUT2D eigenvalue weighted by atomic mass is 9.50. The molecule has 1 saturated heterocycles. The molecule has 1 N–H and O–H groups in total. The van der Waals surface area contributed by atoms with Crippen molar-refractivity contribution in [3.05, 3.63) is 23.3 Å². The van der Waals surface area contributed by atoms with Gasteiger partial charge in [0.25, 0.3) is 0 Å². The second-order valence-electron chi connectivity index (χ2n) is 13.5. The Bertz CT molecular complexity index is 849. The van der Waals surface area contributed by atoms with Gasteiger partial charge in [-0.2, -0.15) is 0 Å². The third kappa shape index (κ3) is 3.99. The van der Waals surface area contributed by atoms with Gasteiger partial charge in [-0.25, -0.2) is 0 Å². The highest BCUT2D eigenvalue weighted by Gasteiger charge is 2.54. The number of carbonyl (C=O) groups is 1. The molecule has 2 saturated carbocycles. The van der Waals surface area contributed by atoms with Crippen molar-refractivity contribution in [2.24, 2.45) is 34.0 Å². The Morgan fingerprint density at radius 1 is 1.06 bits per heavy atom. The molecular weight excluding hydrogens is 408 g/mol. The molecule has 0 aromatic heterocycles. The van der Waals surface area contributed by atoms with E-state index in [1.807, 2.05) is 13.8 Å². The predicted molar refractivity (Wildman–Crippen MR) is 135 cm³/mol. The van der Waals surface area contributed by atoms with E-state index in [4.69, 9.17) is 4.74 Å². The molecule has 33 heavy (non-hydrogen) atoms. The van der Waals surface area contributed by atoms with Gasteiger partial charge in [-0.1, -0.05) is 57.9 Å². The quantitative estimate of drug-likeness (QED) is 0.495. The topological polar surface area (TPSA) is 46.5 Å². The highest BCUT2D eigenvalue weighted by molar-refractivity contribution is 5.86. The van der Waals surface area contributed by atoms with E-state index in [1.54, 1.807) is 5.57 Å². The van der Waals surface area contributed by atoms with Crippen LogP contribution in [0.2, 0.25) is 0 Å².